The van der Waals surface area contributed by atoms with Crippen molar-refractivity contribution in [3.05, 3.63) is 77.6 Å². The van der Waals surface area contributed by atoms with E-state index in [4.69, 9.17) is 4.74 Å². The number of aryl methyl sites for hydroxylation is 2. The molecule has 2 aromatic carbocycles. The molecule has 0 bridgehead atoms. The molecule has 7 nitrogen and oxygen atoms in total. The van der Waals surface area contributed by atoms with Crippen LogP contribution in [-0.2, 0) is 17.9 Å². The van der Waals surface area contributed by atoms with Crippen molar-refractivity contribution in [2.45, 2.75) is 26.4 Å². The highest BCUT2D eigenvalue weighted by atomic mass is 16.5. The van der Waals surface area contributed by atoms with Gasteiger partial charge in [0.05, 0.1) is 12.2 Å². The van der Waals surface area contributed by atoms with E-state index in [1.807, 2.05) is 66.2 Å². The third kappa shape index (κ3) is 4.51. The molecule has 1 aliphatic heterocycles. The lowest BCUT2D eigenvalue weighted by Crippen LogP contribution is -2.34. The first-order valence-electron chi connectivity index (χ1n) is 9.99. The Morgan fingerprint density at radius 2 is 1.83 bits per heavy atom. The third-order valence-corrected chi connectivity index (χ3v) is 5.08. The third-order valence-electron chi connectivity index (χ3n) is 5.08. The summed E-state index contributed by atoms with van der Waals surface area (Å²) in [4.78, 5) is 27.0. The fraction of sp³-hybridized carbons (Fsp3) is 0.261. The number of hydrogen-bond acceptors (Lipinski definition) is 4. The number of nitrogens with one attached hydrogen (secondary N) is 1. The summed E-state index contributed by atoms with van der Waals surface area (Å²) in [6.07, 6.45) is 0.768. The van der Waals surface area contributed by atoms with Crippen molar-refractivity contribution >= 4 is 17.5 Å². The first kappa shape index (κ1) is 19.7. The number of para-hydroxylation sites is 2. The van der Waals surface area contributed by atoms with Gasteiger partial charge in [-0.15, -0.1) is 0 Å². The minimum Gasteiger partial charge on any atom is -0.484 e. The van der Waals surface area contributed by atoms with E-state index in [1.54, 1.807) is 11.0 Å². The van der Waals surface area contributed by atoms with Crippen LogP contribution in [0.15, 0.2) is 60.7 Å². The molecule has 0 unspecified atom stereocenters. The van der Waals surface area contributed by atoms with E-state index in [9.17, 15) is 9.59 Å². The van der Waals surface area contributed by atoms with E-state index in [1.165, 1.54) is 0 Å². The molecule has 0 saturated heterocycles. The van der Waals surface area contributed by atoms with Crippen molar-refractivity contribution in [2.24, 2.45) is 0 Å². The van der Waals surface area contributed by atoms with Gasteiger partial charge >= 0.3 is 0 Å². The molecule has 154 valence electrons. The molecule has 0 fully saturated rings. The summed E-state index contributed by atoms with van der Waals surface area (Å²) in [6.45, 7) is 3.63. The van der Waals surface area contributed by atoms with Crippen LogP contribution in [0.3, 0.4) is 0 Å². The van der Waals surface area contributed by atoms with Gasteiger partial charge in [-0.3, -0.25) is 14.3 Å². The molecule has 2 amide bonds. The Kier molecular flexibility index (Phi) is 5.79. The van der Waals surface area contributed by atoms with Crippen molar-refractivity contribution in [3.8, 4) is 5.75 Å². The number of ether oxygens (including phenoxy) is 1. The summed E-state index contributed by atoms with van der Waals surface area (Å²) in [6, 6.07) is 18.7. The van der Waals surface area contributed by atoms with Gasteiger partial charge < -0.3 is 15.0 Å². The monoisotopic (exact) mass is 404 g/mol. The van der Waals surface area contributed by atoms with E-state index in [0.29, 0.717) is 31.1 Å². The normalized spacial score (nSPS) is 13.3. The standard InChI is InChI=1S/C23H24N4O3/c1-17-8-5-6-11-21(17)30-16-22(28)26-12-7-13-27-19(15-26)14-20(25-27)23(29)24-18-9-3-2-4-10-18/h2-6,8-11,14H,7,12-13,15-16H2,1H3,(H,24,29). The zero-order valence-corrected chi connectivity index (χ0v) is 16.9. The smallest absolute Gasteiger partial charge is 0.276 e. The predicted molar refractivity (Wildman–Crippen MR) is 113 cm³/mol. The van der Waals surface area contributed by atoms with Crippen LogP contribution >= 0.6 is 0 Å². The molecule has 0 aliphatic carbocycles. The summed E-state index contributed by atoms with van der Waals surface area (Å²) in [7, 11) is 0. The van der Waals surface area contributed by atoms with Crippen molar-refractivity contribution < 1.29 is 14.3 Å². The number of carbonyl (C=O) groups excluding carboxylic acids is 2. The summed E-state index contributed by atoms with van der Waals surface area (Å²) in [5.41, 5.74) is 2.90. The maximum Gasteiger partial charge on any atom is 0.276 e. The van der Waals surface area contributed by atoms with E-state index < -0.39 is 0 Å². The number of aromatic nitrogens is 2. The molecule has 3 aromatic rings. The number of nitrogens with zero attached hydrogens (tertiary/aromatic N) is 3. The van der Waals surface area contributed by atoms with E-state index in [-0.39, 0.29) is 18.4 Å². The van der Waals surface area contributed by atoms with Crippen LogP contribution < -0.4 is 10.1 Å². The minimum absolute atomic E-state index is 0.0136. The molecular weight excluding hydrogens is 380 g/mol. The summed E-state index contributed by atoms with van der Waals surface area (Å²) < 4.78 is 7.53. The minimum atomic E-state index is -0.262. The second-order valence-electron chi connectivity index (χ2n) is 7.29. The highest BCUT2D eigenvalue weighted by Crippen LogP contribution is 2.18. The van der Waals surface area contributed by atoms with Crippen LogP contribution in [0.25, 0.3) is 0 Å². The lowest BCUT2D eigenvalue weighted by atomic mass is 10.2. The molecule has 7 heteroatoms. The average Bonchev–Trinajstić information content (AvgIpc) is 3.05. The van der Waals surface area contributed by atoms with Crippen LogP contribution in [0.1, 0.15) is 28.2 Å². The van der Waals surface area contributed by atoms with E-state index in [0.717, 1.165) is 23.4 Å². The number of benzene rings is 2. The lowest BCUT2D eigenvalue weighted by molar-refractivity contribution is -0.134. The van der Waals surface area contributed by atoms with Crippen LogP contribution in [0.2, 0.25) is 0 Å². The van der Waals surface area contributed by atoms with Crippen molar-refractivity contribution in [1.29, 1.82) is 0 Å². The Hall–Kier alpha value is -3.61. The van der Waals surface area contributed by atoms with Crippen molar-refractivity contribution in [1.82, 2.24) is 14.7 Å². The number of fused-ring (bicyclic) bond motifs is 1. The zero-order valence-electron chi connectivity index (χ0n) is 16.9. The van der Waals surface area contributed by atoms with Gasteiger partial charge in [-0.05, 0) is 43.2 Å². The quantitative estimate of drug-likeness (QED) is 0.708. The fourth-order valence-corrected chi connectivity index (χ4v) is 3.45. The van der Waals surface area contributed by atoms with Crippen LogP contribution in [-0.4, -0.2) is 39.6 Å². The molecule has 1 aliphatic rings. The van der Waals surface area contributed by atoms with Crippen LogP contribution in [0.5, 0.6) is 5.75 Å². The molecule has 0 atom stereocenters. The van der Waals surface area contributed by atoms with Crippen LogP contribution in [0, 0.1) is 6.92 Å². The molecule has 2 heterocycles. The highest BCUT2D eigenvalue weighted by Gasteiger charge is 2.23. The number of anilines is 1. The molecular formula is C23H24N4O3. The van der Waals surface area contributed by atoms with Gasteiger partial charge in [-0.1, -0.05) is 36.4 Å². The molecule has 0 radical (unpaired) electrons. The molecule has 0 saturated carbocycles. The van der Waals surface area contributed by atoms with Crippen LogP contribution in [0.4, 0.5) is 5.69 Å². The first-order valence-corrected chi connectivity index (χ1v) is 9.99. The largest absolute Gasteiger partial charge is 0.484 e. The zero-order chi connectivity index (χ0) is 20.9. The Balaban J connectivity index is 1.41. The van der Waals surface area contributed by atoms with E-state index in [2.05, 4.69) is 10.4 Å². The first-order chi connectivity index (χ1) is 14.6. The van der Waals surface area contributed by atoms with Gasteiger partial charge in [0, 0.05) is 18.8 Å². The Morgan fingerprint density at radius 3 is 2.63 bits per heavy atom. The molecule has 1 aromatic heterocycles. The number of carbonyl (C=O) groups is 2. The SMILES string of the molecule is Cc1ccccc1OCC(=O)N1CCCn2nc(C(=O)Nc3ccccc3)cc2C1. The maximum absolute atomic E-state index is 12.7. The Bertz CT molecular complexity index is 1050. The predicted octanol–water partition coefficient (Wildman–Crippen LogP) is 3.26. The fourth-order valence-electron chi connectivity index (χ4n) is 3.45. The maximum atomic E-state index is 12.7. The number of amides is 2. The topological polar surface area (TPSA) is 76.5 Å². The van der Waals surface area contributed by atoms with Crippen molar-refractivity contribution in [3.63, 3.8) is 0 Å². The number of rotatable bonds is 5. The summed E-state index contributed by atoms with van der Waals surface area (Å²) in [5.74, 6) is 0.372. The lowest BCUT2D eigenvalue weighted by Gasteiger charge is -2.20. The average molecular weight is 404 g/mol. The molecule has 1 N–H and O–H groups in total. The van der Waals surface area contributed by atoms with Gasteiger partial charge in [-0.2, -0.15) is 5.10 Å². The molecule has 0 spiro atoms. The van der Waals surface area contributed by atoms with Gasteiger partial charge in [-0.25, -0.2) is 0 Å². The second kappa shape index (κ2) is 8.82. The molecule has 4 rings (SSSR count). The van der Waals surface area contributed by atoms with Gasteiger partial charge in [0.2, 0.25) is 0 Å². The Labute approximate surface area is 175 Å². The summed E-state index contributed by atoms with van der Waals surface area (Å²) in [5, 5.41) is 7.29. The second-order valence-corrected chi connectivity index (χ2v) is 7.29. The Morgan fingerprint density at radius 1 is 1.07 bits per heavy atom. The van der Waals surface area contributed by atoms with E-state index >= 15 is 0 Å². The van der Waals surface area contributed by atoms with Gasteiger partial charge in [0.25, 0.3) is 11.8 Å². The summed E-state index contributed by atoms with van der Waals surface area (Å²) >= 11 is 0. The van der Waals surface area contributed by atoms with Crippen molar-refractivity contribution in [2.75, 3.05) is 18.5 Å². The van der Waals surface area contributed by atoms with Gasteiger partial charge in [0.15, 0.2) is 12.3 Å². The number of hydrogen-bond donors (Lipinski definition) is 1. The molecule has 30 heavy (non-hydrogen) atoms. The van der Waals surface area contributed by atoms with Gasteiger partial charge in [0.1, 0.15) is 5.75 Å². The highest BCUT2D eigenvalue weighted by molar-refractivity contribution is 6.02.